The molecule has 21 heavy (non-hydrogen) atoms. The van der Waals surface area contributed by atoms with Gasteiger partial charge in [-0.25, -0.2) is 5.10 Å². The number of nitrogens with zero attached hydrogens (tertiary/aromatic N) is 2. The van der Waals surface area contributed by atoms with Gasteiger partial charge in [0.1, 0.15) is 22.0 Å². The average molecular weight is 303 g/mol. The summed E-state index contributed by atoms with van der Waals surface area (Å²) >= 11 is 5.85. The second-order valence-corrected chi connectivity index (χ2v) is 4.76. The van der Waals surface area contributed by atoms with Gasteiger partial charge in [-0.3, -0.25) is 10.2 Å². The first kappa shape index (κ1) is 13.4. The van der Waals surface area contributed by atoms with Gasteiger partial charge in [0.05, 0.1) is 6.20 Å². The molecule has 0 amide bonds. The number of benzene rings is 1. The highest BCUT2D eigenvalue weighted by molar-refractivity contribution is 6.32. The number of anilines is 1. The number of hydrazone groups is 1. The van der Waals surface area contributed by atoms with Gasteiger partial charge in [-0.1, -0.05) is 29.8 Å². The SMILES string of the molecule is C/C(=N/Nc1cn[nH]c(=O)c1Cl)c1cc2ccccc2o1. The predicted molar refractivity (Wildman–Crippen MR) is 81.9 cm³/mol. The van der Waals surface area contributed by atoms with Crippen LogP contribution in [-0.4, -0.2) is 15.9 Å². The topological polar surface area (TPSA) is 83.3 Å². The van der Waals surface area contributed by atoms with Crippen molar-refractivity contribution in [1.82, 2.24) is 10.2 Å². The Morgan fingerprint density at radius 2 is 2.24 bits per heavy atom. The molecule has 3 aromatic rings. The average Bonchev–Trinajstić information content (AvgIpc) is 2.92. The molecule has 0 aliphatic heterocycles. The lowest BCUT2D eigenvalue weighted by atomic mass is 10.2. The van der Waals surface area contributed by atoms with Crippen molar-refractivity contribution < 1.29 is 4.42 Å². The number of hydrogen-bond donors (Lipinski definition) is 2. The summed E-state index contributed by atoms with van der Waals surface area (Å²) in [6, 6.07) is 9.58. The lowest BCUT2D eigenvalue weighted by Crippen LogP contribution is -2.10. The van der Waals surface area contributed by atoms with Crippen LogP contribution in [0.15, 0.2) is 50.8 Å². The van der Waals surface area contributed by atoms with Crippen molar-refractivity contribution in [3.63, 3.8) is 0 Å². The normalized spacial score (nSPS) is 11.8. The van der Waals surface area contributed by atoms with Gasteiger partial charge in [-0.05, 0) is 19.1 Å². The van der Waals surface area contributed by atoms with Crippen LogP contribution in [0.4, 0.5) is 5.69 Å². The highest BCUT2D eigenvalue weighted by Crippen LogP contribution is 2.20. The number of fused-ring (bicyclic) bond motifs is 1. The Kier molecular flexibility index (Phi) is 3.45. The van der Waals surface area contributed by atoms with Crippen molar-refractivity contribution >= 4 is 34.0 Å². The van der Waals surface area contributed by atoms with E-state index in [2.05, 4.69) is 20.7 Å². The summed E-state index contributed by atoms with van der Waals surface area (Å²) in [6.45, 7) is 1.79. The van der Waals surface area contributed by atoms with Gasteiger partial charge in [-0.15, -0.1) is 0 Å². The number of aromatic nitrogens is 2. The third-order valence-electron chi connectivity index (χ3n) is 2.92. The number of rotatable bonds is 3. The maximum absolute atomic E-state index is 11.3. The van der Waals surface area contributed by atoms with Crippen LogP contribution >= 0.6 is 11.6 Å². The molecule has 0 aliphatic carbocycles. The van der Waals surface area contributed by atoms with E-state index in [1.807, 2.05) is 30.3 Å². The van der Waals surface area contributed by atoms with Gasteiger partial charge in [0, 0.05) is 5.39 Å². The molecule has 0 spiro atoms. The van der Waals surface area contributed by atoms with Gasteiger partial charge in [-0.2, -0.15) is 10.2 Å². The highest BCUT2D eigenvalue weighted by atomic mass is 35.5. The first-order valence-corrected chi connectivity index (χ1v) is 6.55. The quantitative estimate of drug-likeness (QED) is 0.575. The Labute approximate surface area is 124 Å². The Morgan fingerprint density at radius 1 is 1.43 bits per heavy atom. The Bertz CT molecular complexity index is 849. The molecule has 1 aromatic carbocycles. The monoisotopic (exact) mass is 302 g/mol. The van der Waals surface area contributed by atoms with Crippen molar-refractivity contribution in [2.45, 2.75) is 6.92 Å². The fourth-order valence-corrected chi connectivity index (χ4v) is 1.95. The molecule has 2 heterocycles. The van der Waals surface area contributed by atoms with Gasteiger partial charge < -0.3 is 4.42 Å². The summed E-state index contributed by atoms with van der Waals surface area (Å²) in [5, 5.41) is 11.0. The second-order valence-electron chi connectivity index (χ2n) is 4.38. The van der Waals surface area contributed by atoms with Gasteiger partial charge >= 0.3 is 0 Å². The van der Waals surface area contributed by atoms with Crippen molar-refractivity contribution in [2.24, 2.45) is 5.10 Å². The summed E-state index contributed by atoms with van der Waals surface area (Å²) < 4.78 is 5.68. The van der Waals surface area contributed by atoms with Crippen LogP contribution in [0.3, 0.4) is 0 Å². The highest BCUT2D eigenvalue weighted by Gasteiger charge is 2.07. The minimum atomic E-state index is -0.474. The molecule has 0 saturated heterocycles. The van der Waals surface area contributed by atoms with Crippen LogP contribution in [-0.2, 0) is 0 Å². The van der Waals surface area contributed by atoms with E-state index in [0.717, 1.165) is 11.0 Å². The smallest absolute Gasteiger partial charge is 0.285 e. The van der Waals surface area contributed by atoms with Crippen molar-refractivity contribution in [2.75, 3.05) is 5.43 Å². The largest absolute Gasteiger partial charge is 0.455 e. The molecule has 0 fully saturated rings. The van der Waals surface area contributed by atoms with E-state index in [1.165, 1.54) is 6.20 Å². The molecule has 0 saturated carbocycles. The molecule has 2 N–H and O–H groups in total. The van der Waals surface area contributed by atoms with E-state index in [1.54, 1.807) is 6.92 Å². The molecule has 0 bridgehead atoms. The first-order chi connectivity index (χ1) is 10.1. The maximum Gasteiger partial charge on any atom is 0.285 e. The van der Waals surface area contributed by atoms with Crippen molar-refractivity contribution in [1.29, 1.82) is 0 Å². The van der Waals surface area contributed by atoms with Crippen LogP contribution in [0.5, 0.6) is 0 Å². The van der Waals surface area contributed by atoms with Crippen LogP contribution in [0, 0.1) is 0 Å². The number of para-hydroxylation sites is 1. The molecular formula is C14H11ClN4O2. The minimum absolute atomic E-state index is 0.00570. The number of H-pyrrole nitrogens is 1. The van der Waals surface area contributed by atoms with Gasteiger partial charge in [0.15, 0.2) is 5.76 Å². The van der Waals surface area contributed by atoms with Crippen LogP contribution < -0.4 is 11.0 Å². The standard InChI is InChI=1S/C14H11ClN4O2/c1-8(12-6-9-4-2-3-5-11(9)21-12)17-18-10-7-16-19-14(20)13(10)15/h2-7H,1H3,(H2,18,19,20)/b17-8-. The molecule has 0 atom stereocenters. The van der Waals surface area contributed by atoms with Crippen LogP contribution in [0.2, 0.25) is 5.02 Å². The molecule has 0 radical (unpaired) electrons. The fraction of sp³-hybridized carbons (Fsp3) is 0.0714. The second kappa shape index (κ2) is 5.41. The summed E-state index contributed by atoms with van der Waals surface area (Å²) in [5.41, 5.74) is 3.98. The number of furan rings is 1. The number of halogens is 1. The van der Waals surface area contributed by atoms with E-state index in [9.17, 15) is 4.79 Å². The zero-order chi connectivity index (χ0) is 14.8. The Hall–Kier alpha value is -2.60. The molecule has 7 heteroatoms. The van der Waals surface area contributed by atoms with E-state index < -0.39 is 5.56 Å². The molecule has 0 aliphatic rings. The van der Waals surface area contributed by atoms with Crippen molar-refractivity contribution in [3.05, 3.63) is 57.7 Å². The zero-order valence-electron chi connectivity index (χ0n) is 11.1. The summed E-state index contributed by atoms with van der Waals surface area (Å²) in [5.74, 6) is 0.637. The summed E-state index contributed by atoms with van der Waals surface area (Å²) in [7, 11) is 0. The van der Waals surface area contributed by atoms with Gasteiger partial charge in [0.2, 0.25) is 0 Å². The minimum Gasteiger partial charge on any atom is -0.455 e. The third-order valence-corrected chi connectivity index (χ3v) is 3.30. The summed E-state index contributed by atoms with van der Waals surface area (Å²) in [6.07, 6.45) is 1.39. The Balaban J connectivity index is 1.89. The molecule has 106 valence electrons. The van der Waals surface area contributed by atoms with Crippen molar-refractivity contribution in [3.8, 4) is 0 Å². The van der Waals surface area contributed by atoms with Gasteiger partial charge in [0.25, 0.3) is 5.56 Å². The fourth-order valence-electron chi connectivity index (χ4n) is 1.82. The van der Waals surface area contributed by atoms with Crippen LogP contribution in [0.1, 0.15) is 12.7 Å². The van der Waals surface area contributed by atoms with E-state index in [4.69, 9.17) is 16.0 Å². The zero-order valence-corrected chi connectivity index (χ0v) is 11.8. The predicted octanol–water partition coefficient (Wildman–Crippen LogP) is 3.01. The van der Waals surface area contributed by atoms with E-state index in [-0.39, 0.29) is 5.02 Å². The lowest BCUT2D eigenvalue weighted by molar-refractivity contribution is 0.604. The summed E-state index contributed by atoms with van der Waals surface area (Å²) in [4.78, 5) is 11.3. The first-order valence-electron chi connectivity index (χ1n) is 6.17. The number of nitrogens with one attached hydrogen (secondary N) is 2. The van der Waals surface area contributed by atoms with E-state index in [0.29, 0.717) is 17.2 Å². The maximum atomic E-state index is 11.3. The molecule has 6 nitrogen and oxygen atoms in total. The van der Waals surface area contributed by atoms with E-state index >= 15 is 0 Å². The van der Waals surface area contributed by atoms with Crippen LogP contribution in [0.25, 0.3) is 11.0 Å². The Morgan fingerprint density at radius 3 is 3.05 bits per heavy atom. The molecule has 3 rings (SSSR count). The molecule has 2 aromatic heterocycles. The number of aromatic amines is 1. The third kappa shape index (κ3) is 2.66. The number of hydrogen-bond acceptors (Lipinski definition) is 5. The molecule has 0 unspecified atom stereocenters. The molecular weight excluding hydrogens is 292 g/mol. The lowest BCUT2D eigenvalue weighted by Gasteiger charge is -2.02.